The monoisotopic (exact) mass is 180 g/mol. The standard InChI is InChI=1S/C10H16N2O/c1-7-6-8(2)12(11-7)9(13)10(3,4)5/h6H,1-5H3. The van der Waals surface area contributed by atoms with E-state index in [0.29, 0.717) is 0 Å². The van der Waals surface area contributed by atoms with Crippen LogP contribution in [0.5, 0.6) is 0 Å². The summed E-state index contributed by atoms with van der Waals surface area (Å²) in [4.78, 5) is 11.8. The lowest BCUT2D eigenvalue weighted by Crippen LogP contribution is -2.28. The Morgan fingerprint density at radius 3 is 2.23 bits per heavy atom. The van der Waals surface area contributed by atoms with Gasteiger partial charge in [0.2, 0.25) is 0 Å². The molecule has 0 atom stereocenters. The number of aryl methyl sites for hydroxylation is 2. The second-order valence-corrected chi connectivity index (χ2v) is 4.39. The number of hydrogen-bond donors (Lipinski definition) is 0. The Bertz CT molecular complexity index is 331. The van der Waals surface area contributed by atoms with Gasteiger partial charge in [0.1, 0.15) is 0 Å². The van der Waals surface area contributed by atoms with Crippen molar-refractivity contribution in [3.63, 3.8) is 0 Å². The zero-order valence-corrected chi connectivity index (χ0v) is 8.88. The number of rotatable bonds is 0. The van der Waals surface area contributed by atoms with E-state index in [-0.39, 0.29) is 11.3 Å². The zero-order chi connectivity index (χ0) is 10.2. The summed E-state index contributed by atoms with van der Waals surface area (Å²) in [7, 11) is 0. The first-order chi connectivity index (χ1) is 5.82. The van der Waals surface area contributed by atoms with E-state index in [1.807, 2.05) is 40.7 Å². The molecule has 0 aromatic carbocycles. The molecule has 0 saturated heterocycles. The maximum absolute atomic E-state index is 11.8. The number of carbonyl (C=O) groups excluding carboxylic acids is 1. The van der Waals surface area contributed by atoms with Crippen LogP contribution in [0.25, 0.3) is 0 Å². The van der Waals surface area contributed by atoms with E-state index in [0.717, 1.165) is 11.4 Å². The van der Waals surface area contributed by atoms with Gasteiger partial charge in [0.05, 0.1) is 5.69 Å². The average Bonchev–Trinajstić information content (AvgIpc) is 2.26. The third-order valence-electron chi connectivity index (χ3n) is 1.84. The van der Waals surface area contributed by atoms with Crippen LogP contribution in [0.3, 0.4) is 0 Å². The summed E-state index contributed by atoms with van der Waals surface area (Å²) in [6, 6.07) is 1.91. The van der Waals surface area contributed by atoms with Gasteiger partial charge in [-0.3, -0.25) is 4.79 Å². The molecule has 0 aliphatic carbocycles. The molecule has 0 aliphatic heterocycles. The molecule has 1 heterocycles. The molecule has 0 amide bonds. The summed E-state index contributed by atoms with van der Waals surface area (Å²) >= 11 is 0. The number of hydrogen-bond acceptors (Lipinski definition) is 2. The topological polar surface area (TPSA) is 34.9 Å². The Morgan fingerprint density at radius 1 is 1.38 bits per heavy atom. The summed E-state index contributed by atoms with van der Waals surface area (Å²) in [6.07, 6.45) is 0. The molecule has 13 heavy (non-hydrogen) atoms. The number of carbonyl (C=O) groups is 1. The quantitative estimate of drug-likeness (QED) is 0.613. The first-order valence-corrected chi connectivity index (χ1v) is 4.40. The van der Waals surface area contributed by atoms with Gasteiger partial charge in [-0.05, 0) is 19.9 Å². The van der Waals surface area contributed by atoms with Crippen molar-refractivity contribution in [3.05, 3.63) is 17.5 Å². The molecule has 0 N–H and O–H groups in total. The average molecular weight is 180 g/mol. The van der Waals surface area contributed by atoms with Gasteiger partial charge in [-0.15, -0.1) is 0 Å². The van der Waals surface area contributed by atoms with Crippen LogP contribution in [0.4, 0.5) is 0 Å². The first-order valence-electron chi connectivity index (χ1n) is 4.40. The van der Waals surface area contributed by atoms with Crippen molar-refractivity contribution in [1.29, 1.82) is 0 Å². The van der Waals surface area contributed by atoms with Crippen LogP contribution in [0.2, 0.25) is 0 Å². The smallest absolute Gasteiger partial charge is 0.252 e. The SMILES string of the molecule is Cc1cc(C)n(C(=O)C(C)(C)C)n1. The third kappa shape index (κ3) is 1.97. The van der Waals surface area contributed by atoms with Crippen LogP contribution in [0.1, 0.15) is 37.0 Å². The molecule has 0 fully saturated rings. The number of aromatic nitrogens is 2. The number of nitrogens with zero attached hydrogens (tertiary/aromatic N) is 2. The van der Waals surface area contributed by atoms with Crippen LogP contribution in [0.15, 0.2) is 6.07 Å². The predicted octanol–water partition coefficient (Wildman–Crippen LogP) is 2.19. The van der Waals surface area contributed by atoms with Gasteiger partial charge >= 0.3 is 0 Å². The van der Waals surface area contributed by atoms with Gasteiger partial charge in [-0.25, -0.2) is 4.68 Å². The molecule has 3 nitrogen and oxygen atoms in total. The normalized spacial score (nSPS) is 11.8. The summed E-state index contributed by atoms with van der Waals surface area (Å²) in [5.41, 5.74) is 1.41. The van der Waals surface area contributed by atoms with E-state index in [1.165, 1.54) is 4.68 Å². The summed E-state index contributed by atoms with van der Waals surface area (Å²) in [5.74, 6) is 0.0399. The van der Waals surface area contributed by atoms with E-state index < -0.39 is 0 Å². The van der Waals surface area contributed by atoms with Gasteiger partial charge < -0.3 is 0 Å². The molecule has 1 rings (SSSR count). The van der Waals surface area contributed by atoms with Crippen molar-refractivity contribution >= 4 is 5.91 Å². The maximum atomic E-state index is 11.8. The summed E-state index contributed by atoms with van der Waals surface area (Å²) in [5, 5.41) is 4.14. The Hall–Kier alpha value is -1.12. The predicted molar refractivity (Wildman–Crippen MR) is 51.8 cm³/mol. The van der Waals surface area contributed by atoms with Crippen LogP contribution in [0, 0.1) is 19.3 Å². The lowest BCUT2D eigenvalue weighted by Gasteiger charge is -2.16. The Balaban J connectivity index is 3.09. The maximum Gasteiger partial charge on any atom is 0.252 e. The minimum Gasteiger partial charge on any atom is -0.272 e. The van der Waals surface area contributed by atoms with Gasteiger partial charge in [-0.1, -0.05) is 20.8 Å². The minimum absolute atomic E-state index is 0.0399. The molecule has 0 radical (unpaired) electrons. The summed E-state index contributed by atoms with van der Waals surface area (Å²) < 4.78 is 1.48. The zero-order valence-electron chi connectivity index (χ0n) is 8.88. The van der Waals surface area contributed by atoms with E-state index in [4.69, 9.17) is 0 Å². The highest BCUT2D eigenvalue weighted by Gasteiger charge is 2.24. The van der Waals surface area contributed by atoms with Crippen molar-refractivity contribution in [2.75, 3.05) is 0 Å². The lowest BCUT2D eigenvalue weighted by molar-refractivity contribution is 0.0745. The Labute approximate surface area is 78.8 Å². The Kier molecular flexibility index (Phi) is 2.28. The van der Waals surface area contributed by atoms with Crippen LogP contribution in [-0.4, -0.2) is 15.7 Å². The molecular formula is C10H16N2O. The first kappa shape index (κ1) is 9.96. The van der Waals surface area contributed by atoms with E-state index in [2.05, 4.69) is 5.10 Å². The van der Waals surface area contributed by atoms with Gasteiger partial charge in [0.15, 0.2) is 0 Å². The fourth-order valence-electron chi connectivity index (χ4n) is 1.15. The summed E-state index contributed by atoms with van der Waals surface area (Å²) in [6.45, 7) is 9.46. The molecule has 3 heteroatoms. The fraction of sp³-hybridized carbons (Fsp3) is 0.600. The highest BCUT2D eigenvalue weighted by molar-refractivity contribution is 5.83. The van der Waals surface area contributed by atoms with Crippen molar-refractivity contribution in [2.24, 2.45) is 5.41 Å². The van der Waals surface area contributed by atoms with Crippen molar-refractivity contribution in [3.8, 4) is 0 Å². The van der Waals surface area contributed by atoms with Crippen LogP contribution < -0.4 is 0 Å². The molecule has 0 unspecified atom stereocenters. The highest BCUT2D eigenvalue weighted by Crippen LogP contribution is 2.17. The second-order valence-electron chi connectivity index (χ2n) is 4.39. The van der Waals surface area contributed by atoms with Crippen molar-refractivity contribution < 1.29 is 4.79 Å². The fourth-order valence-corrected chi connectivity index (χ4v) is 1.15. The molecule has 0 aliphatic rings. The molecular weight excluding hydrogens is 164 g/mol. The van der Waals surface area contributed by atoms with E-state index in [9.17, 15) is 4.79 Å². The molecule has 1 aromatic rings. The molecule has 0 bridgehead atoms. The van der Waals surface area contributed by atoms with Gasteiger partial charge in [0, 0.05) is 11.1 Å². The molecule has 72 valence electrons. The minimum atomic E-state index is -0.372. The van der Waals surface area contributed by atoms with Gasteiger partial charge in [0.25, 0.3) is 5.91 Å². The van der Waals surface area contributed by atoms with Crippen LogP contribution in [-0.2, 0) is 0 Å². The van der Waals surface area contributed by atoms with Gasteiger partial charge in [-0.2, -0.15) is 5.10 Å². The molecule has 1 aromatic heterocycles. The van der Waals surface area contributed by atoms with Crippen LogP contribution >= 0.6 is 0 Å². The molecule has 0 saturated carbocycles. The largest absolute Gasteiger partial charge is 0.272 e. The second kappa shape index (κ2) is 2.98. The highest BCUT2D eigenvalue weighted by atomic mass is 16.2. The lowest BCUT2D eigenvalue weighted by atomic mass is 9.96. The van der Waals surface area contributed by atoms with Crippen molar-refractivity contribution in [2.45, 2.75) is 34.6 Å². The third-order valence-corrected chi connectivity index (χ3v) is 1.84. The molecule has 0 spiro atoms. The van der Waals surface area contributed by atoms with E-state index in [1.54, 1.807) is 0 Å². The van der Waals surface area contributed by atoms with Crippen molar-refractivity contribution in [1.82, 2.24) is 9.78 Å². The Morgan fingerprint density at radius 2 is 1.92 bits per heavy atom. The van der Waals surface area contributed by atoms with E-state index >= 15 is 0 Å².